The summed E-state index contributed by atoms with van der Waals surface area (Å²) < 4.78 is 12.0. The third kappa shape index (κ3) is 3.43. The second kappa shape index (κ2) is 6.95. The summed E-state index contributed by atoms with van der Waals surface area (Å²) >= 11 is 0. The van der Waals surface area contributed by atoms with Gasteiger partial charge in [-0.1, -0.05) is 6.07 Å². The summed E-state index contributed by atoms with van der Waals surface area (Å²) in [5.74, 6) is 0.214. The first-order valence-corrected chi connectivity index (χ1v) is 7.54. The lowest BCUT2D eigenvalue weighted by molar-refractivity contribution is 0.0526. The molecule has 0 amide bonds. The first kappa shape index (κ1) is 15.7. The Morgan fingerprint density at radius 3 is 2.71 bits per heavy atom. The molecule has 0 bridgehead atoms. The molecule has 0 atom stereocenters. The van der Waals surface area contributed by atoms with Crippen molar-refractivity contribution in [1.29, 1.82) is 0 Å². The highest BCUT2D eigenvalue weighted by atomic mass is 16.5. The molecule has 3 rings (SSSR count). The van der Waals surface area contributed by atoms with Gasteiger partial charge in [0.15, 0.2) is 0 Å². The monoisotopic (exact) mass is 324 g/mol. The molecule has 0 saturated carbocycles. The molecule has 0 aliphatic rings. The molecular weight excluding hydrogens is 308 g/mol. The van der Waals surface area contributed by atoms with Crippen molar-refractivity contribution in [3.63, 3.8) is 0 Å². The number of rotatable bonds is 5. The molecule has 3 aromatic rings. The van der Waals surface area contributed by atoms with Crippen molar-refractivity contribution in [2.45, 2.75) is 13.5 Å². The summed E-state index contributed by atoms with van der Waals surface area (Å²) in [6.45, 7) is 2.26. The summed E-state index contributed by atoms with van der Waals surface area (Å²) in [6.07, 6.45) is 1.67. The van der Waals surface area contributed by atoms with E-state index in [0.29, 0.717) is 29.3 Å². The van der Waals surface area contributed by atoms with Gasteiger partial charge in [-0.05, 0) is 43.3 Å². The Balaban J connectivity index is 1.72. The standard InChI is InChI=1S/C18H16N2O4/c1-2-23-18(22)13-6-8-15(9-7-13)24-12-14-11-17(21)20-10-4-3-5-16(20)19-14/h3-11H,2,12H2,1H3. The summed E-state index contributed by atoms with van der Waals surface area (Å²) in [7, 11) is 0. The van der Waals surface area contributed by atoms with E-state index in [-0.39, 0.29) is 18.1 Å². The minimum Gasteiger partial charge on any atom is -0.487 e. The zero-order valence-corrected chi connectivity index (χ0v) is 13.1. The van der Waals surface area contributed by atoms with Gasteiger partial charge in [-0.3, -0.25) is 9.20 Å². The second-order valence-electron chi connectivity index (χ2n) is 5.05. The lowest BCUT2D eigenvalue weighted by Gasteiger charge is -2.08. The number of benzene rings is 1. The van der Waals surface area contributed by atoms with E-state index in [1.165, 1.54) is 10.5 Å². The van der Waals surface area contributed by atoms with E-state index in [9.17, 15) is 9.59 Å². The maximum atomic E-state index is 12.0. The molecule has 2 aromatic heterocycles. The van der Waals surface area contributed by atoms with E-state index in [0.717, 1.165) is 0 Å². The number of aromatic nitrogens is 2. The molecule has 2 heterocycles. The number of carbonyl (C=O) groups excluding carboxylic acids is 1. The van der Waals surface area contributed by atoms with Gasteiger partial charge in [-0.2, -0.15) is 0 Å². The molecule has 0 aliphatic carbocycles. The average Bonchev–Trinajstić information content (AvgIpc) is 2.61. The van der Waals surface area contributed by atoms with Crippen molar-refractivity contribution < 1.29 is 14.3 Å². The SMILES string of the molecule is CCOC(=O)c1ccc(OCc2cc(=O)n3ccccc3n2)cc1. The van der Waals surface area contributed by atoms with E-state index >= 15 is 0 Å². The Morgan fingerprint density at radius 2 is 1.96 bits per heavy atom. The first-order chi connectivity index (χ1) is 11.7. The van der Waals surface area contributed by atoms with Crippen LogP contribution in [0.1, 0.15) is 23.0 Å². The van der Waals surface area contributed by atoms with Gasteiger partial charge in [0.25, 0.3) is 5.56 Å². The van der Waals surface area contributed by atoms with Crippen molar-refractivity contribution in [3.05, 3.63) is 76.3 Å². The number of fused-ring (bicyclic) bond motifs is 1. The van der Waals surface area contributed by atoms with Crippen LogP contribution in [0.2, 0.25) is 0 Å². The average molecular weight is 324 g/mol. The summed E-state index contributed by atoms with van der Waals surface area (Å²) in [5, 5.41) is 0. The lowest BCUT2D eigenvalue weighted by atomic mass is 10.2. The first-order valence-electron chi connectivity index (χ1n) is 7.54. The van der Waals surface area contributed by atoms with Gasteiger partial charge < -0.3 is 9.47 Å². The van der Waals surface area contributed by atoms with Crippen molar-refractivity contribution in [2.75, 3.05) is 6.61 Å². The lowest BCUT2D eigenvalue weighted by Crippen LogP contribution is -2.16. The Bertz CT molecular complexity index is 916. The molecule has 0 radical (unpaired) electrons. The Hall–Kier alpha value is -3.15. The van der Waals surface area contributed by atoms with Crippen molar-refractivity contribution in [3.8, 4) is 5.75 Å². The molecule has 0 N–H and O–H groups in total. The second-order valence-corrected chi connectivity index (χ2v) is 5.05. The highest BCUT2D eigenvalue weighted by Gasteiger charge is 2.07. The molecule has 24 heavy (non-hydrogen) atoms. The predicted octanol–water partition coefficient (Wildman–Crippen LogP) is 2.45. The number of esters is 1. The minimum absolute atomic E-state index is 0.156. The highest BCUT2D eigenvalue weighted by molar-refractivity contribution is 5.89. The van der Waals surface area contributed by atoms with Gasteiger partial charge in [0.1, 0.15) is 18.0 Å². The van der Waals surface area contributed by atoms with Gasteiger partial charge in [-0.15, -0.1) is 0 Å². The van der Waals surface area contributed by atoms with E-state index < -0.39 is 0 Å². The van der Waals surface area contributed by atoms with Crippen LogP contribution in [0.15, 0.2) is 59.5 Å². The summed E-state index contributed by atoms with van der Waals surface area (Å²) in [4.78, 5) is 28.0. The van der Waals surface area contributed by atoms with Crippen LogP contribution in [0, 0.1) is 0 Å². The molecule has 0 fully saturated rings. The Morgan fingerprint density at radius 1 is 1.17 bits per heavy atom. The third-order valence-electron chi connectivity index (χ3n) is 3.38. The minimum atomic E-state index is -0.367. The maximum Gasteiger partial charge on any atom is 0.338 e. The molecule has 0 unspecified atom stereocenters. The number of hydrogen-bond acceptors (Lipinski definition) is 5. The van der Waals surface area contributed by atoms with Gasteiger partial charge in [0, 0.05) is 12.3 Å². The normalized spacial score (nSPS) is 10.5. The molecule has 6 heteroatoms. The number of nitrogens with zero attached hydrogens (tertiary/aromatic N) is 2. The Kier molecular flexibility index (Phi) is 4.56. The predicted molar refractivity (Wildman–Crippen MR) is 88.2 cm³/mol. The van der Waals surface area contributed by atoms with Crippen LogP contribution in [0.25, 0.3) is 5.65 Å². The van der Waals surface area contributed by atoms with Crippen LogP contribution in [-0.4, -0.2) is 22.0 Å². The fourth-order valence-corrected chi connectivity index (χ4v) is 2.24. The smallest absolute Gasteiger partial charge is 0.338 e. The zero-order chi connectivity index (χ0) is 16.9. The fourth-order valence-electron chi connectivity index (χ4n) is 2.24. The largest absolute Gasteiger partial charge is 0.487 e. The molecule has 0 spiro atoms. The molecule has 0 aliphatic heterocycles. The van der Waals surface area contributed by atoms with Crippen LogP contribution in [0.5, 0.6) is 5.75 Å². The van der Waals surface area contributed by atoms with Crippen LogP contribution in [0.4, 0.5) is 0 Å². The van der Waals surface area contributed by atoms with Crippen molar-refractivity contribution in [1.82, 2.24) is 9.38 Å². The van der Waals surface area contributed by atoms with E-state index in [1.807, 2.05) is 6.07 Å². The molecule has 6 nitrogen and oxygen atoms in total. The third-order valence-corrected chi connectivity index (χ3v) is 3.38. The van der Waals surface area contributed by atoms with Crippen LogP contribution in [-0.2, 0) is 11.3 Å². The quantitative estimate of drug-likeness (QED) is 0.674. The summed E-state index contributed by atoms with van der Waals surface area (Å²) in [6, 6.07) is 13.4. The van der Waals surface area contributed by atoms with Crippen molar-refractivity contribution in [2.24, 2.45) is 0 Å². The highest BCUT2D eigenvalue weighted by Crippen LogP contribution is 2.14. The van der Waals surface area contributed by atoms with Gasteiger partial charge in [0.05, 0.1) is 17.9 Å². The van der Waals surface area contributed by atoms with E-state index in [4.69, 9.17) is 9.47 Å². The molecule has 0 saturated heterocycles. The van der Waals surface area contributed by atoms with E-state index in [2.05, 4.69) is 4.98 Å². The Labute approximate surface area is 138 Å². The van der Waals surface area contributed by atoms with E-state index in [1.54, 1.807) is 49.5 Å². The van der Waals surface area contributed by atoms with Gasteiger partial charge in [0.2, 0.25) is 0 Å². The zero-order valence-electron chi connectivity index (χ0n) is 13.1. The maximum absolute atomic E-state index is 12.0. The number of hydrogen-bond donors (Lipinski definition) is 0. The van der Waals surface area contributed by atoms with Crippen molar-refractivity contribution >= 4 is 11.6 Å². The van der Waals surface area contributed by atoms with Crippen LogP contribution in [0.3, 0.4) is 0 Å². The summed E-state index contributed by atoms with van der Waals surface area (Å²) in [5.41, 5.74) is 1.42. The van der Waals surface area contributed by atoms with Crippen LogP contribution < -0.4 is 10.3 Å². The molecule has 1 aromatic carbocycles. The van der Waals surface area contributed by atoms with Gasteiger partial charge >= 0.3 is 5.97 Å². The molecule has 122 valence electrons. The van der Waals surface area contributed by atoms with Gasteiger partial charge in [-0.25, -0.2) is 9.78 Å². The fraction of sp³-hybridized carbons (Fsp3) is 0.167. The topological polar surface area (TPSA) is 69.9 Å². The van der Waals surface area contributed by atoms with Crippen LogP contribution >= 0.6 is 0 Å². The number of pyridine rings is 1. The molecular formula is C18H16N2O4. The number of carbonyl (C=O) groups is 1. The number of ether oxygens (including phenoxy) is 2.